The van der Waals surface area contributed by atoms with Crippen LogP contribution in [-0.2, 0) is 17.7 Å². The number of ether oxygens (including phenoxy) is 1. The van der Waals surface area contributed by atoms with Crippen LogP contribution in [0, 0.1) is 6.92 Å². The van der Waals surface area contributed by atoms with Crippen molar-refractivity contribution in [2.45, 2.75) is 33.2 Å². The van der Waals surface area contributed by atoms with Crippen molar-refractivity contribution in [1.29, 1.82) is 0 Å². The number of nitrogens with zero attached hydrogens (tertiary/aromatic N) is 2. The van der Waals surface area contributed by atoms with E-state index in [9.17, 15) is 0 Å². The van der Waals surface area contributed by atoms with Crippen molar-refractivity contribution in [3.8, 4) is 0 Å². The van der Waals surface area contributed by atoms with E-state index >= 15 is 0 Å². The van der Waals surface area contributed by atoms with Crippen LogP contribution in [-0.4, -0.2) is 37.2 Å². The van der Waals surface area contributed by atoms with Crippen LogP contribution in [0.5, 0.6) is 0 Å². The first kappa shape index (κ1) is 18.5. The number of nitrogens with one attached hydrogen (secondary N) is 2. The molecule has 0 saturated heterocycles. The van der Waals surface area contributed by atoms with Crippen LogP contribution in [0.25, 0.3) is 0 Å². The van der Waals surface area contributed by atoms with Crippen LogP contribution < -0.4 is 10.6 Å². The second kappa shape index (κ2) is 10.8. The molecule has 2 N–H and O–H groups in total. The number of aliphatic imine (C=N–C) groups is 1. The Hall–Kier alpha value is -1.86. The van der Waals surface area contributed by atoms with E-state index in [1.807, 2.05) is 25.3 Å². The standard InChI is InChI=1S/C17H26N4O2S/c1-3-22-10-5-8-18-17(19-9-7-15-6-4-11-23-15)21-13-16-20-12-14(2)24-16/h4,6,11-12H,3,5,7-10,13H2,1-2H3,(H2,18,19,21). The SMILES string of the molecule is CCOCCCNC(=NCc1ncc(C)s1)NCCc1ccco1. The molecule has 0 unspecified atom stereocenters. The molecule has 132 valence electrons. The Kier molecular flexibility index (Phi) is 8.34. The number of aromatic nitrogens is 1. The summed E-state index contributed by atoms with van der Waals surface area (Å²) in [6.07, 6.45) is 5.35. The maximum Gasteiger partial charge on any atom is 0.191 e. The maximum absolute atomic E-state index is 5.36. The Morgan fingerprint density at radius 3 is 2.96 bits per heavy atom. The van der Waals surface area contributed by atoms with Crippen molar-refractivity contribution >= 4 is 17.3 Å². The topological polar surface area (TPSA) is 71.7 Å². The largest absolute Gasteiger partial charge is 0.469 e. The van der Waals surface area contributed by atoms with Crippen molar-refractivity contribution in [3.05, 3.63) is 40.2 Å². The molecule has 0 spiro atoms. The van der Waals surface area contributed by atoms with Gasteiger partial charge in [0.2, 0.25) is 0 Å². The molecular weight excluding hydrogens is 324 g/mol. The summed E-state index contributed by atoms with van der Waals surface area (Å²) in [5.74, 6) is 1.76. The van der Waals surface area contributed by atoms with Crippen LogP contribution >= 0.6 is 11.3 Å². The van der Waals surface area contributed by atoms with E-state index in [4.69, 9.17) is 9.15 Å². The van der Waals surface area contributed by atoms with Gasteiger partial charge in [-0.05, 0) is 32.4 Å². The Morgan fingerprint density at radius 1 is 1.38 bits per heavy atom. The number of furan rings is 1. The minimum atomic E-state index is 0.583. The predicted octanol–water partition coefficient (Wildman–Crippen LogP) is 2.75. The van der Waals surface area contributed by atoms with E-state index in [0.717, 1.165) is 55.9 Å². The number of aryl methyl sites for hydroxylation is 1. The molecule has 24 heavy (non-hydrogen) atoms. The lowest BCUT2D eigenvalue weighted by molar-refractivity contribution is 0.145. The molecule has 2 rings (SSSR count). The summed E-state index contributed by atoms with van der Waals surface area (Å²) in [7, 11) is 0. The smallest absolute Gasteiger partial charge is 0.191 e. The molecule has 2 aromatic rings. The molecule has 2 heterocycles. The van der Waals surface area contributed by atoms with Crippen molar-refractivity contribution in [2.75, 3.05) is 26.3 Å². The van der Waals surface area contributed by atoms with Crippen LogP contribution in [0.4, 0.5) is 0 Å². The highest BCUT2D eigenvalue weighted by Gasteiger charge is 2.02. The van der Waals surface area contributed by atoms with Crippen LogP contribution in [0.3, 0.4) is 0 Å². The van der Waals surface area contributed by atoms with E-state index < -0.39 is 0 Å². The number of guanidine groups is 1. The molecule has 0 aliphatic heterocycles. The van der Waals surface area contributed by atoms with E-state index in [0.29, 0.717) is 6.54 Å². The molecule has 6 nitrogen and oxygen atoms in total. The zero-order valence-electron chi connectivity index (χ0n) is 14.4. The van der Waals surface area contributed by atoms with Crippen molar-refractivity contribution in [1.82, 2.24) is 15.6 Å². The van der Waals surface area contributed by atoms with Gasteiger partial charge in [0.15, 0.2) is 5.96 Å². The van der Waals surface area contributed by atoms with E-state index in [-0.39, 0.29) is 0 Å². The summed E-state index contributed by atoms with van der Waals surface area (Å²) in [5.41, 5.74) is 0. The fourth-order valence-corrected chi connectivity index (χ4v) is 2.79. The van der Waals surface area contributed by atoms with E-state index in [2.05, 4.69) is 27.5 Å². The average Bonchev–Trinajstić information content (AvgIpc) is 3.23. The van der Waals surface area contributed by atoms with Crippen LogP contribution in [0.2, 0.25) is 0 Å². The summed E-state index contributed by atoms with van der Waals surface area (Å²) >= 11 is 1.68. The fraction of sp³-hybridized carbons (Fsp3) is 0.529. The third kappa shape index (κ3) is 7.14. The lowest BCUT2D eigenvalue weighted by atomic mass is 10.3. The normalized spacial score (nSPS) is 11.7. The van der Waals surface area contributed by atoms with Crippen molar-refractivity contribution in [3.63, 3.8) is 0 Å². The molecule has 0 bridgehead atoms. The Bertz CT molecular complexity index is 596. The quantitative estimate of drug-likeness (QED) is 0.392. The zero-order valence-corrected chi connectivity index (χ0v) is 15.2. The lowest BCUT2D eigenvalue weighted by Gasteiger charge is -2.12. The molecule has 0 saturated carbocycles. The number of thiazole rings is 1. The number of hydrogen-bond acceptors (Lipinski definition) is 5. The third-order valence-corrected chi connectivity index (χ3v) is 4.15. The second-order valence-corrected chi connectivity index (χ2v) is 6.58. The van der Waals surface area contributed by atoms with Gasteiger partial charge in [-0.2, -0.15) is 0 Å². The molecule has 0 aromatic carbocycles. The van der Waals surface area contributed by atoms with Crippen molar-refractivity contribution < 1.29 is 9.15 Å². The zero-order chi connectivity index (χ0) is 17.0. The van der Waals surface area contributed by atoms with Gasteiger partial charge in [0.25, 0.3) is 0 Å². The molecule has 0 amide bonds. The molecule has 0 fully saturated rings. The average molecular weight is 350 g/mol. The molecule has 2 aromatic heterocycles. The van der Waals surface area contributed by atoms with Gasteiger partial charge >= 0.3 is 0 Å². The minimum absolute atomic E-state index is 0.583. The van der Waals surface area contributed by atoms with Gasteiger partial charge in [-0.15, -0.1) is 11.3 Å². The van der Waals surface area contributed by atoms with Crippen LogP contribution in [0.15, 0.2) is 34.0 Å². The molecule has 0 aliphatic carbocycles. The molecule has 0 atom stereocenters. The molecule has 0 aliphatic rings. The summed E-state index contributed by atoms with van der Waals surface area (Å²) in [4.78, 5) is 10.2. The highest BCUT2D eigenvalue weighted by molar-refractivity contribution is 7.11. The monoisotopic (exact) mass is 350 g/mol. The summed E-state index contributed by atoms with van der Waals surface area (Å²) in [6.45, 7) is 7.75. The lowest BCUT2D eigenvalue weighted by Crippen LogP contribution is -2.39. The van der Waals surface area contributed by atoms with E-state index in [1.54, 1.807) is 17.6 Å². The van der Waals surface area contributed by atoms with E-state index in [1.165, 1.54) is 4.88 Å². The van der Waals surface area contributed by atoms with Gasteiger partial charge in [-0.3, -0.25) is 0 Å². The molecule has 0 radical (unpaired) electrons. The van der Waals surface area contributed by atoms with Crippen molar-refractivity contribution in [2.24, 2.45) is 4.99 Å². The Morgan fingerprint density at radius 2 is 2.25 bits per heavy atom. The van der Waals surface area contributed by atoms with Gasteiger partial charge in [0.1, 0.15) is 10.8 Å². The maximum atomic E-state index is 5.36. The highest BCUT2D eigenvalue weighted by Crippen LogP contribution is 2.11. The second-order valence-electron chi connectivity index (χ2n) is 5.26. The summed E-state index contributed by atoms with van der Waals surface area (Å²) in [6, 6.07) is 3.88. The number of rotatable bonds is 10. The predicted molar refractivity (Wildman–Crippen MR) is 97.5 cm³/mol. The molecule has 7 heteroatoms. The van der Waals surface area contributed by atoms with Gasteiger partial charge < -0.3 is 19.8 Å². The fourth-order valence-electron chi connectivity index (χ4n) is 2.08. The Labute approximate surface area is 147 Å². The first-order valence-electron chi connectivity index (χ1n) is 8.31. The van der Waals surface area contributed by atoms with Gasteiger partial charge in [0.05, 0.1) is 12.8 Å². The summed E-state index contributed by atoms with van der Waals surface area (Å²) < 4.78 is 10.7. The highest BCUT2D eigenvalue weighted by atomic mass is 32.1. The van der Waals surface area contributed by atoms with Gasteiger partial charge in [-0.25, -0.2) is 9.98 Å². The first-order chi connectivity index (χ1) is 11.8. The van der Waals surface area contributed by atoms with Gasteiger partial charge in [0, 0.05) is 43.8 Å². The Balaban J connectivity index is 1.79. The van der Waals surface area contributed by atoms with Gasteiger partial charge in [-0.1, -0.05) is 0 Å². The number of hydrogen-bond donors (Lipinski definition) is 2. The first-order valence-corrected chi connectivity index (χ1v) is 9.13. The minimum Gasteiger partial charge on any atom is -0.469 e. The van der Waals surface area contributed by atoms with Crippen LogP contribution in [0.1, 0.15) is 29.0 Å². The summed E-state index contributed by atoms with van der Waals surface area (Å²) in [5, 5.41) is 7.70. The molecular formula is C17H26N4O2S. The third-order valence-electron chi connectivity index (χ3n) is 3.25.